The maximum absolute atomic E-state index is 12.4. The van der Waals surface area contributed by atoms with Crippen LogP contribution in [0.1, 0.15) is 31.9 Å². The molecule has 0 heterocycles. The summed E-state index contributed by atoms with van der Waals surface area (Å²) in [5, 5.41) is 11.5. The van der Waals surface area contributed by atoms with Gasteiger partial charge in [0.25, 0.3) is 0 Å². The first kappa shape index (κ1) is 16.9. The average Bonchev–Trinajstić information content (AvgIpc) is 2.36. The van der Waals surface area contributed by atoms with Crippen LogP contribution in [0.3, 0.4) is 0 Å². The number of carbonyl (C=O) groups is 2. The van der Waals surface area contributed by atoms with Gasteiger partial charge < -0.3 is 15.2 Å². The number of carbonyl (C=O) groups excluding carboxylic acids is 1. The third-order valence-electron chi connectivity index (χ3n) is 2.61. The average molecular weight is 297 g/mol. The molecule has 5 nitrogen and oxygen atoms in total. The highest BCUT2D eigenvalue weighted by molar-refractivity contribution is 5.80. The Bertz CT molecular complexity index is 493. The lowest BCUT2D eigenvalue weighted by molar-refractivity contribution is -0.139. The number of carboxylic acid groups (broad SMARTS) is 1. The van der Waals surface area contributed by atoms with Gasteiger partial charge in [0.05, 0.1) is 0 Å². The number of ether oxygens (including phenoxy) is 1. The summed E-state index contributed by atoms with van der Waals surface area (Å²) in [6, 6.07) is 5.35. The highest BCUT2D eigenvalue weighted by atomic mass is 19.1. The van der Waals surface area contributed by atoms with Crippen LogP contribution in [0.25, 0.3) is 0 Å². The van der Waals surface area contributed by atoms with E-state index in [1.807, 2.05) is 0 Å². The monoisotopic (exact) mass is 297 g/mol. The van der Waals surface area contributed by atoms with Gasteiger partial charge in [0.2, 0.25) is 0 Å². The third kappa shape index (κ3) is 6.25. The summed E-state index contributed by atoms with van der Waals surface area (Å²) < 4.78 is 17.4. The zero-order valence-corrected chi connectivity index (χ0v) is 12.4. The summed E-state index contributed by atoms with van der Waals surface area (Å²) >= 11 is 0. The standard InChI is InChI=1S/C15H20FNO4/c1-15(2,3)21-14(20)17-12(13(18)19)8-10-4-6-11(9-16)7-5-10/h4-7,12H,8-9H2,1-3H3,(H,17,20)(H,18,19). The van der Waals surface area contributed by atoms with Crippen LogP contribution in [0.15, 0.2) is 24.3 Å². The van der Waals surface area contributed by atoms with E-state index in [0.717, 1.165) is 0 Å². The predicted molar refractivity (Wildman–Crippen MR) is 75.8 cm³/mol. The lowest BCUT2D eigenvalue weighted by atomic mass is 10.0. The van der Waals surface area contributed by atoms with Crippen molar-refractivity contribution in [3.8, 4) is 0 Å². The number of halogens is 1. The molecule has 1 aromatic rings. The normalized spacial score (nSPS) is 12.6. The van der Waals surface area contributed by atoms with Crippen LogP contribution in [-0.2, 0) is 22.6 Å². The van der Waals surface area contributed by atoms with Gasteiger partial charge in [0.1, 0.15) is 18.3 Å². The molecule has 1 atom stereocenters. The van der Waals surface area contributed by atoms with Crippen LogP contribution in [0, 0.1) is 0 Å². The molecule has 0 aliphatic rings. The van der Waals surface area contributed by atoms with Gasteiger partial charge in [-0.1, -0.05) is 24.3 Å². The Labute approximate surface area is 123 Å². The number of nitrogens with one attached hydrogen (secondary N) is 1. The second kappa shape index (κ2) is 7.06. The fourth-order valence-corrected chi connectivity index (χ4v) is 1.65. The Morgan fingerprint density at radius 3 is 2.19 bits per heavy atom. The van der Waals surface area contributed by atoms with Gasteiger partial charge in [-0.25, -0.2) is 14.0 Å². The fraction of sp³-hybridized carbons (Fsp3) is 0.467. The van der Waals surface area contributed by atoms with Gasteiger partial charge in [-0.15, -0.1) is 0 Å². The molecule has 6 heteroatoms. The van der Waals surface area contributed by atoms with Gasteiger partial charge >= 0.3 is 12.1 Å². The maximum Gasteiger partial charge on any atom is 0.408 e. The van der Waals surface area contributed by atoms with Crippen LogP contribution in [0.4, 0.5) is 9.18 Å². The molecule has 0 aliphatic carbocycles. The largest absolute Gasteiger partial charge is 0.480 e. The van der Waals surface area contributed by atoms with Crippen molar-refractivity contribution in [2.45, 2.75) is 45.5 Å². The number of amides is 1. The van der Waals surface area contributed by atoms with Gasteiger partial charge in [0.15, 0.2) is 0 Å². The summed E-state index contributed by atoms with van der Waals surface area (Å²) in [4.78, 5) is 22.8. The first-order valence-corrected chi connectivity index (χ1v) is 6.57. The lowest BCUT2D eigenvalue weighted by Crippen LogP contribution is -2.44. The van der Waals surface area contributed by atoms with E-state index in [2.05, 4.69) is 5.32 Å². The molecule has 1 aromatic carbocycles. The summed E-state index contributed by atoms with van der Waals surface area (Å²) in [6.45, 7) is 4.51. The van der Waals surface area contributed by atoms with E-state index < -0.39 is 30.4 Å². The first-order chi connectivity index (χ1) is 9.71. The Kier molecular flexibility index (Phi) is 5.69. The fourth-order valence-electron chi connectivity index (χ4n) is 1.65. The number of aliphatic carboxylic acids is 1. The van der Waals surface area contributed by atoms with Crippen molar-refractivity contribution in [3.63, 3.8) is 0 Å². The van der Waals surface area contributed by atoms with Crippen molar-refractivity contribution in [1.29, 1.82) is 0 Å². The molecule has 0 saturated carbocycles. The maximum atomic E-state index is 12.4. The molecule has 0 aromatic heterocycles. The van der Waals surface area contributed by atoms with Crippen molar-refractivity contribution in [2.24, 2.45) is 0 Å². The molecule has 0 fully saturated rings. The Morgan fingerprint density at radius 1 is 1.24 bits per heavy atom. The van der Waals surface area contributed by atoms with E-state index >= 15 is 0 Å². The summed E-state index contributed by atoms with van der Waals surface area (Å²) in [7, 11) is 0. The molecule has 2 N–H and O–H groups in total. The minimum absolute atomic E-state index is 0.0984. The molecule has 116 valence electrons. The number of hydrogen-bond acceptors (Lipinski definition) is 3. The van der Waals surface area contributed by atoms with Crippen molar-refractivity contribution in [1.82, 2.24) is 5.32 Å². The number of rotatable bonds is 5. The summed E-state index contributed by atoms with van der Waals surface area (Å²) in [5.41, 5.74) is 0.511. The first-order valence-electron chi connectivity index (χ1n) is 6.57. The Hall–Kier alpha value is -2.11. The minimum atomic E-state index is -1.16. The summed E-state index contributed by atoms with van der Waals surface area (Å²) in [5.74, 6) is -1.16. The molecule has 0 bridgehead atoms. The van der Waals surface area contributed by atoms with E-state index in [9.17, 15) is 14.0 Å². The van der Waals surface area contributed by atoms with Crippen molar-refractivity contribution in [2.75, 3.05) is 0 Å². The number of alkyl carbamates (subject to hydrolysis) is 1. The highest BCUT2D eigenvalue weighted by Gasteiger charge is 2.24. The van der Waals surface area contributed by atoms with E-state index in [4.69, 9.17) is 9.84 Å². The molecular formula is C15H20FNO4. The number of carboxylic acids is 1. The van der Waals surface area contributed by atoms with E-state index in [1.165, 1.54) is 0 Å². The van der Waals surface area contributed by atoms with E-state index in [0.29, 0.717) is 11.1 Å². The molecule has 0 saturated heterocycles. The van der Waals surface area contributed by atoms with E-state index in [-0.39, 0.29) is 6.42 Å². The van der Waals surface area contributed by atoms with Crippen LogP contribution in [-0.4, -0.2) is 28.8 Å². The molecule has 1 rings (SSSR count). The molecule has 1 unspecified atom stereocenters. The second-order valence-corrected chi connectivity index (χ2v) is 5.69. The van der Waals surface area contributed by atoms with Crippen LogP contribution >= 0.6 is 0 Å². The molecule has 0 spiro atoms. The number of hydrogen-bond donors (Lipinski definition) is 2. The van der Waals surface area contributed by atoms with Crippen LogP contribution < -0.4 is 5.32 Å². The third-order valence-corrected chi connectivity index (χ3v) is 2.61. The van der Waals surface area contributed by atoms with Crippen LogP contribution in [0.5, 0.6) is 0 Å². The number of benzene rings is 1. The van der Waals surface area contributed by atoms with Crippen LogP contribution in [0.2, 0.25) is 0 Å². The van der Waals surface area contributed by atoms with Crippen molar-refractivity contribution < 1.29 is 23.8 Å². The molecule has 1 amide bonds. The highest BCUT2D eigenvalue weighted by Crippen LogP contribution is 2.10. The topological polar surface area (TPSA) is 75.6 Å². The van der Waals surface area contributed by atoms with Gasteiger partial charge in [0, 0.05) is 6.42 Å². The smallest absolute Gasteiger partial charge is 0.408 e. The van der Waals surface area contributed by atoms with Crippen molar-refractivity contribution >= 4 is 12.1 Å². The zero-order chi connectivity index (χ0) is 16.0. The number of alkyl halides is 1. The Morgan fingerprint density at radius 2 is 1.76 bits per heavy atom. The lowest BCUT2D eigenvalue weighted by Gasteiger charge is -2.22. The minimum Gasteiger partial charge on any atom is -0.480 e. The van der Waals surface area contributed by atoms with Gasteiger partial charge in [-0.2, -0.15) is 0 Å². The van der Waals surface area contributed by atoms with E-state index in [1.54, 1.807) is 45.0 Å². The molecule has 0 radical (unpaired) electrons. The molecule has 21 heavy (non-hydrogen) atoms. The predicted octanol–water partition coefficient (Wildman–Crippen LogP) is 2.68. The van der Waals surface area contributed by atoms with Gasteiger partial charge in [-0.05, 0) is 31.9 Å². The second-order valence-electron chi connectivity index (χ2n) is 5.69. The molecular weight excluding hydrogens is 277 g/mol. The Balaban J connectivity index is 2.69. The molecule has 0 aliphatic heterocycles. The zero-order valence-electron chi connectivity index (χ0n) is 12.4. The SMILES string of the molecule is CC(C)(C)OC(=O)NC(Cc1ccc(CF)cc1)C(=O)O. The van der Waals surface area contributed by atoms with Crippen molar-refractivity contribution in [3.05, 3.63) is 35.4 Å². The quantitative estimate of drug-likeness (QED) is 0.876. The summed E-state index contributed by atoms with van der Waals surface area (Å²) in [6.07, 6.45) is -0.684. The van der Waals surface area contributed by atoms with Gasteiger partial charge in [-0.3, -0.25) is 0 Å².